The second kappa shape index (κ2) is 9.73. The van der Waals surface area contributed by atoms with Crippen LogP contribution in [0.15, 0.2) is 67.0 Å². The third-order valence-electron chi connectivity index (χ3n) is 6.56. The van der Waals surface area contributed by atoms with Crippen molar-refractivity contribution in [2.24, 2.45) is 0 Å². The van der Waals surface area contributed by atoms with E-state index >= 15 is 0 Å². The van der Waals surface area contributed by atoms with Gasteiger partial charge in [-0.25, -0.2) is 4.98 Å². The molecular weight excluding hydrogens is 450 g/mol. The van der Waals surface area contributed by atoms with E-state index in [0.29, 0.717) is 5.56 Å². The van der Waals surface area contributed by atoms with E-state index < -0.39 is 0 Å². The number of H-pyrrole nitrogens is 1. The van der Waals surface area contributed by atoms with Gasteiger partial charge in [0.05, 0.1) is 11.3 Å². The molecule has 3 N–H and O–H groups in total. The second-order valence-corrected chi connectivity index (χ2v) is 10.1. The molecule has 0 spiro atoms. The van der Waals surface area contributed by atoms with Gasteiger partial charge in [0.1, 0.15) is 10.9 Å². The summed E-state index contributed by atoms with van der Waals surface area (Å²) >= 11 is 1.65. The molecule has 0 radical (unpaired) electrons. The molecule has 0 amide bonds. The fourth-order valence-electron chi connectivity index (χ4n) is 4.54. The number of fused-ring (bicyclic) bond motifs is 2. The molecule has 0 saturated heterocycles. The number of aromatic nitrogens is 2. The van der Waals surface area contributed by atoms with Crippen molar-refractivity contribution >= 4 is 49.5 Å². The largest absolute Gasteiger partial charge is 0.361 e. The van der Waals surface area contributed by atoms with Crippen LogP contribution in [-0.2, 0) is 6.42 Å². The van der Waals surface area contributed by atoms with Gasteiger partial charge in [0.25, 0.3) is 0 Å². The van der Waals surface area contributed by atoms with Gasteiger partial charge in [-0.15, -0.1) is 11.3 Å². The van der Waals surface area contributed by atoms with Crippen LogP contribution in [0.5, 0.6) is 0 Å². The van der Waals surface area contributed by atoms with Crippen LogP contribution in [0.2, 0.25) is 0 Å². The Morgan fingerprint density at radius 2 is 2.00 bits per heavy atom. The van der Waals surface area contributed by atoms with Gasteiger partial charge in [-0.05, 0) is 67.5 Å². The predicted molar refractivity (Wildman–Crippen MR) is 146 cm³/mol. The van der Waals surface area contributed by atoms with Crippen molar-refractivity contribution in [2.45, 2.75) is 39.0 Å². The highest BCUT2D eigenvalue weighted by Gasteiger charge is 2.18. The number of pyridine rings is 1. The third-order valence-corrected chi connectivity index (χ3v) is 7.84. The lowest BCUT2D eigenvalue weighted by molar-refractivity contribution is 0.801. The molecule has 174 valence electrons. The number of thiophene rings is 1. The van der Waals surface area contributed by atoms with Gasteiger partial charge in [0.15, 0.2) is 0 Å². The lowest BCUT2D eigenvalue weighted by Crippen LogP contribution is -2.04. The Bertz CT molecular complexity index is 1560. The van der Waals surface area contributed by atoms with Crippen molar-refractivity contribution in [2.75, 3.05) is 5.32 Å². The summed E-state index contributed by atoms with van der Waals surface area (Å²) in [6.07, 6.45) is 5.98. The van der Waals surface area contributed by atoms with Gasteiger partial charge in [-0.1, -0.05) is 37.3 Å². The minimum absolute atomic E-state index is 0.216. The first-order valence-electron chi connectivity index (χ1n) is 11.8. The molecule has 5 nitrogen and oxygen atoms in total. The van der Waals surface area contributed by atoms with Gasteiger partial charge in [0.2, 0.25) is 0 Å². The van der Waals surface area contributed by atoms with Crippen LogP contribution in [0.3, 0.4) is 0 Å². The lowest BCUT2D eigenvalue weighted by atomic mass is 9.97. The number of aryl methyl sites for hydroxylation is 2. The monoisotopic (exact) mass is 477 g/mol. The number of hydrogen-bond acceptors (Lipinski definition) is 5. The summed E-state index contributed by atoms with van der Waals surface area (Å²) in [6.45, 7) is 4.26. The lowest BCUT2D eigenvalue weighted by Gasteiger charge is -2.13. The van der Waals surface area contributed by atoms with Gasteiger partial charge >= 0.3 is 0 Å². The van der Waals surface area contributed by atoms with Crippen LogP contribution in [-0.4, -0.2) is 15.7 Å². The van der Waals surface area contributed by atoms with Gasteiger partial charge in [-0.2, -0.15) is 5.26 Å². The molecule has 0 aliphatic rings. The number of rotatable bonds is 8. The fraction of sp³-hybridized carbons (Fsp3) is 0.207. The fourth-order valence-corrected chi connectivity index (χ4v) is 5.60. The number of hydrogen-bond donors (Lipinski definition) is 3. The summed E-state index contributed by atoms with van der Waals surface area (Å²) in [7, 11) is 0. The van der Waals surface area contributed by atoms with Gasteiger partial charge in [-0.3, -0.25) is 0 Å². The smallest absolute Gasteiger partial charge is 0.125 e. The number of nitrogens with zero attached hydrogens (tertiary/aromatic N) is 2. The van der Waals surface area contributed by atoms with Crippen molar-refractivity contribution in [3.8, 4) is 6.07 Å². The molecule has 6 heteroatoms. The van der Waals surface area contributed by atoms with E-state index in [-0.39, 0.29) is 5.92 Å². The van der Waals surface area contributed by atoms with E-state index in [9.17, 15) is 5.26 Å². The highest BCUT2D eigenvalue weighted by Crippen LogP contribution is 2.38. The minimum Gasteiger partial charge on any atom is -0.361 e. The quantitative estimate of drug-likeness (QED) is 0.199. The summed E-state index contributed by atoms with van der Waals surface area (Å²) in [5.41, 5.74) is 6.55. The van der Waals surface area contributed by atoms with E-state index in [0.717, 1.165) is 63.0 Å². The Labute approximate surface area is 209 Å². The zero-order valence-corrected chi connectivity index (χ0v) is 20.7. The van der Waals surface area contributed by atoms with Crippen molar-refractivity contribution in [3.63, 3.8) is 0 Å². The molecule has 5 aromatic rings. The topological polar surface area (TPSA) is 88.3 Å². The Kier molecular flexibility index (Phi) is 6.35. The molecule has 0 bridgehead atoms. The molecule has 0 fully saturated rings. The van der Waals surface area contributed by atoms with E-state index in [4.69, 9.17) is 5.41 Å². The summed E-state index contributed by atoms with van der Waals surface area (Å²) < 4.78 is 0. The molecule has 3 heterocycles. The second-order valence-electron chi connectivity index (χ2n) is 9.02. The first-order chi connectivity index (χ1) is 17.0. The summed E-state index contributed by atoms with van der Waals surface area (Å²) in [5, 5.41) is 24.0. The summed E-state index contributed by atoms with van der Waals surface area (Å²) in [4.78, 5) is 9.92. The van der Waals surface area contributed by atoms with Crippen molar-refractivity contribution in [1.82, 2.24) is 9.97 Å². The molecule has 3 aromatic heterocycles. The van der Waals surface area contributed by atoms with Crippen molar-refractivity contribution in [3.05, 3.63) is 88.6 Å². The van der Waals surface area contributed by atoms with Crippen LogP contribution in [0, 0.1) is 23.7 Å². The maximum absolute atomic E-state index is 9.79. The molecule has 5 rings (SSSR count). The molecule has 0 aliphatic heterocycles. The van der Waals surface area contributed by atoms with Gasteiger partial charge < -0.3 is 15.7 Å². The first kappa shape index (κ1) is 22.8. The van der Waals surface area contributed by atoms with E-state index in [1.54, 1.807) is 17.5 Å². The van der Waals surface area contributed by atoms with Crippen LogP contribution in [0.4, 0.5) is 11.4 Å². The minimum atomic E-state index is 0.216. The molecule has 1 unspecified atom stereocenters. The molecule has 0 saturated carbocycles. The number of anilines is 2. The molecule has 1 atom stereocenters. The average molecular weight is 478 g/mol. The Morgan fingerprint density at radius 1 is 1.17 bits per heavy atom. The Morgan fingerprint density at radius 3 is 2.80 bits per heavy atom. The number of nitrogens with one attached hydrogen (secondary N) is 3. The normalized spacial score (nSPS) is 12.0. The molecule has 0 aliphatic carbocycles. The van der Waals surface area contributed by atoms with Crippen molar-refractivity contribution in [1.29, 1.82) is 10.7 Å². The van der Waals surface area contributed by atoms with Crippen LogP contribution in [0.25, 0.3) is 21.1 Å². The zero-order valence-electron chi connectivity index (χ0n) is 19.9. The predicted octanol–water partition coefficient (Wildman–Crippen LogP) is 7.85. The average Bonchev–Trinajstić information content (AvgIpc) is 3.53. The number of nitriles is 1. The maximum atomic E-state index is 9.79. The summed E-state index contributed by atoms with van der Waals surface area (Å²) in [6, 6.07) is 21.0. The highest BCUT2D eigenvalue weighted by molar-refractivity contribution is 7.18. The molecule has 35 heavy (non-hydrogen) atoms. The first-order valence-corrected chi connectivity index (χ1v) is 12.6. The Hall–Kier alpha value is -3.95. The summed E-state index contributed by atoms with van der Waals surface area (Å²) in [5.74, 6) is 0.216. The van der Waals surface area contributed by atoms with E-state index in [1.165, 1.54) is 10.4 Å². The number of benzene rings is 2. The van der Waals surface area contributed by atoms with Crippen LogP contribution in [0.1, 0.15) is 47.3 Å². The standard InChI is InChI=1S/C29H27N5S/c1-18(14-22(31)9-8-20-6-4-3-5-7-20)27-15-24-28(21(16-30)17-33-29(24)35-27)34-25-10-11-26-23(19(25)2)12-13-32-26/h3-7,10-13,15,17-18,31-32H,8-9,14H2,1-2H3,(H,33,34). The molecular formula is C29H27N5S. The highest BCUT2D eigenvalue weighted by atomic mass is 32.1. The van der Waals surface area contributed by atoms with Gasteiger partial charge in [0, 0.05) is 45.0 Å². The van der Waals surface area contributed by atoms with Crippen LogP contribution < -0.4 is 5.32 Å². The Balaban J connectivity index is 1.39. The SMILES string of the molecule is Cc1c(Nc2c(C#N)cnc3sc(C(C)CC(=N)CCc4ccccc4)cc23)ccc2[nH]ccc12. The molecule has 2 aromatic carbocycles. The van der Waals surface area contributed by atoms with E-state index in [2.05, 4.69) is 65.5 Å². The maximum Gasteiger partial charge on any atom is 0.125 e. The van der Waals surface area contributed by atoms with Crippen molar-refractivity contribution < 1.29 is 0 Å². The zero-order chi connectivity index (χ0) is 24.4. The number of aromatic amines is 1. The van der Waals surface area contributed by atoms with E-state index in [1.807, 2.05) is 30.5 Å². The third kappa shape index (κ3) is 4.68. The van der Waals surface area contributed by atoms with Crippen LogP contribution >= 0.6 is 11.3 Å².